The molecule has 0 spiro atoms. The molecular formula is C23H18N4O. The van der Waals surface area contributed by atoms with Gasteiger partial charge in [0.05, 0.1) is 23.8 Å². The molecule has 0 amide bonds. The second-order valence-corrected chi connectivity index (χ2v) is 6.66. The smallest absolute Gasteiger partial charge is 0.121 e. The summed E-state index contributed by atoms with van der Waals surface area (Å²) in [5, 5.41) is 5.90. The lowest BCUT2D eigenvalue weighted by molar-refractivity contribution is 0.415. The number of hydrogen-bond acceptors (Lipinski definition) is 4. The van der Waals surface area contributed by atoms with Crippen molar-refractivity contribution in [2.45, 2.75) is 6.92 Å². The molecule has 4 aromatic heterocycles. The first-order valence-corrected chi connectivity index (χ1v) is 9.09. The number of fused-ring (bicyclic) bond motifs is 2. The molecule has 0 saturated carbocycles. The molecule has 5 heteroatoms. The van der Waals surface area contributed by atoms with Gasteiger partial charge >= 0.3 is 0 Å². The third kappa shape index (κ3) is 2.60. The van der Waals surface area contributed by atoms with Crippen LogP contribution in [0.2, 0.25) is 0 Å². The van der Waals surface area contributed by atoms with E-state index in [0.717, 1.165) is 50.4 Å². The first-order valence-electron chi connectivity index (χ1n) is 9.09. The normalized spacial score (nSPS) is 11.2. The number of benzene rings is 1. The highest BCUT2D eigenvalue weighted by Crippen LogP contribution is 2.38. The monoisotopic (exact) mass is 366 g/mol. The van der Waals surface area contributed by atoms with Crippen LogP contribution in [-0.2, 0) is 0 Å². The van der Waals surface area contributed by atoms with Crippen LogP contribution in [0.15, 0.2) is 73.1 Å². The lowest BCUT2D eigenvalue weighted by Gasteiger charge is -2.09. The number of methoxy groups -OCH3 is 1. The average molecular weight is 366 g/mol. The van der Waals surface area contributed by atoms with E-state index in [1.807, 2.05) is 72.4 Å². The Morgan fingerprint density at radius 2 is 1.89 bits per heavy atom. The van der Waals surface area contributed by atoms with Crippen molar-refractivity contribution in [3.63, 3.8) is 0 Å². The molecule has 1 aromatic carbocycles. The summed E-state index contributed by atoms with van der Waals surface area (Å²) in [4.78, 5) is 9.25. The fraction of sp³-hybridized carbons (Fsp3) is 0.0870. The topological polar surface area (TPSA) is 52.3 Å². The van der Waals surface area contributed by atoms with E-state index < -0.39 is 0 Å². The Morgan fingerprint density at radius 1 is 0.964 bits per heavy atom. The van der Waals surface area contributed by atoms with E-state index in [1.54, 1.807) is 7.11 Å². The van der Waals surface area contributed by atoms with Crippen molar-refractivity contribution in [1.82, 2.24) is 19.6 Å². The lowest BCUT2D eigenvalue weighted by Crippen LogP contribution is -1.91. The second-order valence-electron chi connectivity index (χ2n) is 6.66. The molecule has 5 aromatic rings. The summed E-state index contributed by atoms with van der Waals surface area (Å²) in [5.41, 5.74) is 6.73. The minimum Gasteiger partial charge on any atom is -0.497 e. The van der Waals surface area contributed by atoms with Crippen LogP contribution in [0, 0.1) is 6.92 Å². The molecule has 0 unspecified atom stereocenters. The van der Waals surface area contributed by atoms with Gasteiger partial charge in [0.15, 0.2) is 0 Å². The number of pyridine rings is 3. The van der Waals surface area contributed by atoms with E-state index in [0.29, 0.717) is 0 Å². The molecule has 0 fully saturated rings. The predicted molar refractivity (Wildman–Crippen MR) is 110 cm³/mol. The van der Waals surface area contributed by atoms with E-state index in [-0.39, 0.29) is 0 Å². The van der Waals surface area contributed by atoms with Crippen molar-refractivity contribution in [3.8, 4) is 28.3 Å². The molecule has 0 aliphatic rings. The molecule has 0 bridgehead atoms. The molecule has 0 atom stereocenters. The summed E-state index contributed by atoms with van der Waals surface area (Å²) >= 11 is 0. The fourth-order valence-corrected chi connectivity index (χ4v) is 3.59. The third-order valence-electron chi connectivity index (χ3n) is 4.89. The summed E-state index contributed by atoms with van der Waals surface area (Å²) in [6, 6.07) is 20.1. The van der Waals surface area contributed by atoms with Crippen LogP contribution in [0.3, 0.4) is 0 Å². The first kappa shape index (κ1) is 16.4. The van der Waals surface area contributed by atoms with Gasteiger partial charge < -0.3 is 4.74 Å². The number of aryl methyl sites for hydroxylation is 1. The van der Waals surface area contributed by atoms with E-state index in [1.165, 1.54) is 0 Å². The van der Waals surface area contributed by atoms with Crippen LogP contribution in [0.5, 0.6) is 5.75 Å². The molecule has 28 heavy (non-hydrogen) atoms. The van der Waals surface area contributed by atoms with Gasteiger partial charge in [-0.1, -0.05) is 12.1 Å². The third-order valence-corrected chi connectivity index (χ3v) is 4.89. The zero-order valence-electron chi connectivity index (χ0n) is 15.6. The Kier molecular flexibility index (Phi) is 3.79. The Morgan fingerprint density at radius 3 is 2.75 bits per heavy atom. The van der Waals surface area contributed by atoms with Gasteiger partial charge in [-0.05, 0) is 55.0 Å². The number of hydrogen-bond donors (Lipinski definition) is 0. The van der Waals surface area contributed by atoms with Gasteiger partial charge in [-0.15, -0.1) is 0 Å². The highest BCUT2D eigenvalue weighted by atomic mass is 16.5. The van der Waals surface area contributed by atoms with Crippen LogP contribution >= 0.6 is 0 Å². The minimum absolute atomic E-state index is 0.789. The van der Waals surface area contributed by atoms with Crippen molar-refractivity contribution < 1.29 is 4.74 Å². The summed E-state index contributed by atoms with van der Waals surface area (Å²) in [7, 11) is 1.66. The molecular weight excluding hydrogens is 348 g/mol. The highest BCUT2D eigenvalue weighted by molar-refractivity contribution is 6.03. The van der Waals surface area contributed by atoms with Crippen molar-refractivity contribution in [2.75, 3.05) is 7.11 Å². The quantitative estimate of drug-likeness (QED) is 0.454. The van der Waals surface area contributed by atoms with Crippen molar-refractivity contribution in [2.24, 2.45) is 0 Å². The average Bonchev–Trinajstić information content (AvgIpc) is 3.12. The van der Waals surface area contributed by atoms with Crippen molar-refractivity contribution >= 4 is 16.4 Å². The van der Waals surface area contributed by atoms with E-state index >= 15 is 0 Å². The van der Waals surface area contributed by atoms with Gasteiger partial charge in [0.1, 0.15) is 11.4 Å². The summed E-state index contributed by atoms with van der Waals surface area (Å²) in [6.45, 7) is 1.99. The number of nitrogens with zero attached hydrogens (tertiary/aromatic N) is 4. The molecule has 0 saturated heterocycles. The van der Waals surface area contributed by atoms with Gasteiger partial charge in [0.2, 0.25) is 0 Å². The zero-order chi connectivity index (χ0) is 19.1. The Bertz CT molecular complexity index is 1320. The lowest BCUT2D eigenvalue weighted by atomic mass is 9.98. The second kappa shape index (κ2) is 6.46. The van der Waals surface area contributed by atoms with E-state index in [4.69, 9.17) is 14.8 Å². The van der Waals surface area contributed by atoms with Crippen LogP contribution < -0.4 is 4.74 Å². The summed E-state index contributed by atoms with van der Waals surface area (Å²) < 4.78 is 7.27. The Labute approximate surface area is 162 Å². The SMILES string of the molecule is COc1ccc2c(-c3c(-c4cccc(C)n4)nn4ccccc34)ccnc2c1. The number of ether oxygens (including phenoxy) is 1. The van der Waals surface area contributed by atoms with Crippen LogP contribution in [-0.4, -0.2) is 26.7 Å². The molecule has 5 rings (SSSR count). The van der Waals surface area contributed by atoms with Crippen molar-refractivity contribution in [1.29, 1.82) is 0 Å². The van der Waals surface area contributed by atoms with Gasteiger partial charge in [0.25, 0.3) is 0 Å². The minimum atomic E-state index is 0.789. The number of aromatic nitrogens is 4. The molecule has 5 nitrogen and oxygen atoms in total. The summed E-state index contributed by atoms with van der Waals surface area (Å²) in [5.74, 6) is 0.789. The first-order chi connectivity index (χ1) is 13.7. The molecule has 0 aliphatic heterocycles. The standard InChI is InChI=1S/C23H18N4O/c1-15-6-5-7-19(25-15)23-22(21-8-3-4-13-27(21)26-23)18-11-12-24-20-14-16(28-2)9-10-17(18)20/h3-14H,1-2H3. The molecule has 0 aliphatic carbocycles. The van der Waals surface area contributed by atoms with E-state index in [9.17, 15) is 0 Å². The maximum atomic E-state index is 5.36. The van der Waals surface area contributed by atoms with Gasteiger partial charge in [-0.2, -0.15) is 5.10 Å². The molecule has 0 N–H and O–H groups in total. The predicted octanol–water partition coefficient (Wildman–Crippen LogP) is 4.93. The van der Waals surface area contributed by atoms with Crippen molar-refractivity contribution in [3.05, 3.63) is 78.8 Å². The molecule has 136 valence electrons. The maximum absolute atomic E-state index is 5.36. The van der Waals surface area contributed by atoms with E-state index in [2.05, 4.69) is 17.1 Å². The van der Waals surface area contributed by atoms with Gasteiger partial charge in [0, 0.05) is 35.1 Å². The van der Waals surface area contributed by atoms with Crippen LogP contribution in [0.25, 0.3) is 38.9 Å². The molecule has 0 radical (unpaired) electrons. The zero-order valence-corrected chi connectivity index (χ0v) is 15.6. The highest BCUT2D eigenvalue weighted by Gasteiger charge is 2.19. The Hall–Kier alpha value is -3.73. The maximum Gasteiger partial charge on any atom is 0.121 e. The summed E-state index contributed by atoms with van der Waals surface area (Å²) in [6.07, 6.45) is 3.79. The number of rotatable bonds is 3. The Balaban J connectivity index is 1.86. The molecule has 4 heterocycles. The fourth-order valence-electron chi connectivity index (χ4n) is 3.59. The van der Waals surface area contributed by atoms with Gasteiger partial charge in [-0.3, -0.25) is 9.97 Å². The largest absolute Gasteiger partial charge is 0.497 e. The van der Waals surface area contributed by atoms with Crippen LogP contribution in [0.1, 0.15) is 5.69 Å². The van der Waals surface area contributed by atoms with Crippen LogP contribution in [0.4, 0.5) is 0 Å². The van der Waals surface area contributed by atoms with Gasteiger partial charge in [-0.25, -0.2) is 4.52 Å².